The molecule has 1 aliphatic rings. The summed E-state index contributed by atoms with van der Waals surface area (Å²) in [5, 5.41) is 12.7. The number of carbonyl (C=O) groups excluding carboxylic acids is 2. The standard InChI is InChI=1S/C19H13ClN2O3.C18H11ClF2N2O2/c20-14-6-2-1-4-11(14)18(23)12-8-9-22-17(16(12)21)13-5-3-7-15-19(13)25-10-24-15;19-12-5-2-1-4-10(12)18(24)11-8-9-23(25)17(16(11)22)15-13(20)6-3-7-14(15)21/h1-9H,10,21H2;1-9H,22H2. The Morgan fingerprint density at radius 1 is 0.720 bits per heavy atom. The SMILES string of the molecule is Nc1c(C(=O)c2ccccc2Cl)cc[n+]([O-])c1-c1c(F)cccc1F.Nc1c(C(=O)c2ccccc2Cl)ccnc1-c1cccc2c1OCO2. The fourth-order valence-corrected chi connectivity index (χ4v) is 5.75. The number of ketones is 2. The molecule has 0 saturated carbocycles. The van der Waals surface area contributed by atoms with Crippen molar-refractivity contribution in [2.24, 2.45) is 0 Å². The van der Waals surface area contributed by atoms with E-state index in [2.05, 4.69) is 4.98 Å². The molecule has 0 saturated heterocycles. The quantitative estimate of drug-likeness (QED) is 0.102. The third-order valence-corrected chi connectivity index (χ3v) is 8.37. The summed E-state index contributed by atoms with van der Waals surface area (Å²) in [6.07, 6.45) is 2.52. The second-order valence-electron chi connectivity index (χ2n) is 10.7. The Labute approximate surface area is 293 Å². The summed E-state index contributed by atoms with van der Waals surface area (Å²) < 4.78 is 39.3. The molecule has 13 heteroatoms. The number of pyridine rings is 2. The Morgan fingerprint density at radius 3 is 1.92 bits per heavy atom. The molecule has 0 spiro atoms. The Morgan fingerprint density at radius 2 is 1.30 bits per heavy atom. The lowest BCUT2D eigenvalue weighted by Gasteiger charge is -2.12. The number of rotatable bonds is 6. The fraction of sp³-hybridized carbons (Fsp3) is 0.0270. The third kappa shape index (κ3) is 6.39. The highest BCUT2D eigenvalue weighted by Gasteiger charge is 2.28. The number of aromatic nitrogens is 2. The number of fused-ring (bicyclic) bond motifs is 1. The van der Waals surface area contributed by atoms with Gasteiger partial charge in [0.25, 0.3) is 5.69 Å². The molecule has 3 heterocycles. The van der Waals surface area contributed by atoms with Crippen LogP contribution >= 0.6 is 23.2 Å². The number of ether oxygens (including phenoxy) is 2. The van der Waals surface area contributed by atoms with Gasteiger partial charge in [0.15, 0.2) is 29.3 Å². The summed E-state index contributed by atoms with van der Waals surface area (Å²) >= 11 is 12.2. The fourth-order valence-electron chi connectivity index (χ4n) is 5.30. The van der Waals surface area contributed by atoms with E-state index in [9.17, 15) is 23.6 Å². The zero-order valence-corrected chi connectivity index (χ0v) is 27.2. The maximum Gasteiger partial charge on any atom is 0.253 e. The van der Waals surface area contributed by atoms with E-state index in [1.54, 1.807) is 54.7 Å². The Hall–Kier alpha value is -6.04. The van der Waals surface area contributed by atoms with Crippen molar-refractivity contribution in [2.75, 3.05) is 18.3 Å². The summed E-state index contributed by atoms with van der Waals surface area (Å²) in [7, 11) is 0. The first-order chi connectivity index (χ1) is 24.1. The molecule has 50 heavy (non-hydrogen) atoms. The molecular weight excluding hydrogens is 689 g/mol. The van der Waals surface area contributed by atoms with Gasteiger partial charge in [0.2, 0.25) is 6.79 Å². The van der Waals surface area contributed by atoms with Crippen LogP contribution in [0.2, 0.25) is 10.0 Å². The van der Waals surface area contributed by atoms with Gasteiger partial charge in [0, 0.05) is 34.5 Å². The Kier molecular flexibility index (Phi) is 9.62. The molecule has 4 N–H and O–H groups in total. The van der Waals surface area contributed by atoms with Crippen molar-refractivity contribution >= 4 is 46.1 Å². The summed E-state index contributed by atoms with van der Waals surface area (Å²) in [5.41, 5.74) is 13.1. The zero-order chi connectivity index (χ0) is 35.5. The smallest absolute Gasteiger partial charge is 0.253 e. The molecule has 7 rings (SSSR count). The molecule has 0 atom stereocenters. The summed E-state index contributed by atoms with van der Waals surface area (Å²) in [6, 6.07) is 24.6. The van der Waals surface area contributed by atoms with Crippen LogP contribution in [0.1, 0.15) is 31.8 Å². The molecule has 0 unspecified atom stereocenters. The molecule has 0 amide bonds. The number of para-hydroxylation sites is 1. The molecular formula is C37H24Cl2F2N4O5. The number of anilines is 2. The lowest BCUT2D eigenvalue weighted by Crippen LogP contribution is -2.31. The number of carbonyl (C=O) groups is 2. The van der Waals surface area contributed by atoms with E-state index in [0.29, 0.717) is 38.9 Å². The van der Waals surface area contributed by atoms with Crippen molar-refractivity contribution in [1.82, 2.24) is 4.98 Å². The predicted octanol–water partition coefficient (Wildman–Crippen LogP) is 7.68. The van der Waals surface area contributed by atoms with E-state index in [-0.39, 0.29) is 44.8 Å². The van der Waals surface area contributed by atoms with E-state index < -0.39 is 28.7 Å². The topological polar surface area (TPSA) is 144 Å². The number of halogens is 4. The van der Waals surface area contributed by atoms with Gasteiger partial charge in [0.05, 0.1) is 27.0 Å². The van der Waals surface area contributed by atoms with Gasteiger partial charge >= 0.3 is 0 Å². The van der Waals surface area contributed by atoms with Crippen molar-refractivity contribution in [3.8, 4) is 34.0 Å². The van der Waals surface area contributed by atoms with Crippen LogP contribution in [-0.2, 0) is 0 Å². The second-order valence-corrected chi connectivity index (χ2v) is 11.5. The van der Waals surface area contributed by atoms with Crippen molar-refractivity contribution < 1.29 is 32.6 Å². The number of benzene rings is 4. The van der Waals surface area contributed by atoms with Gasteiger partial charge in [-0.3, -0.25) is 14.6 Å². The maximum absolute atomic E-state index is 14.1. The summed E-state index contributed by atoms with van der Waals surface area (Å²) in [4.78, 5) is 29.9. The lowest BCUT2D eigenvalue weighted by atomic mass is 9.99. The highest BCUT2D eigenvalue weighted by molar-refractivity contribution is 6.35. The van der Waals surface area contributed by atoms with Gasteiger partial charge in [0.1, 0.15) is 22.9 Å². The zero-order valence-electron chi connectivity index (χ0n) is 25.7. The van der Waals surface area contributed by atoms with Crippen molar-refractivity contribution in [3.05, 3.63) is 159 Å². The van der Waals surface area contributed by atoms with Gasteiger partial charge in [-0.15, -0.1) is 0 Å². The number of hydrogen-bond acceptors (Lipinski definition) is 8. The molecule has 250 valence electrons. The van der Waals surface area contributed by atoms with E-state index >= 15 is 0 Å². The van der Waals surface area contributed by atoms with Crippen LogP contribution in [0.5, 0.6) is 11.5 Å². The van der Waals surface area contributed by atoms with Crippen LogP contribution in [0.4, 0.5) is 20.2 Å². The molecule has 2 aromatic heterocycles. The molecule has 0 aliphatic carbocycles. The molecule has 9 nitrogen and oxygen atoms in total. The van der Waals surface area contributed by atoms with Gasteiger partial charge in [-0.1, -0.05) is 59.6 Å². The molecule has 4 aromatic carbocycles. The highest BCUT2D eigenvalue weighted by Crippen LogP contribution is 2.43. The van der Waals surface area contributed by atoms with Crippen LogP contribution in [0.3, 0.4) is 0 Å². The van der Waals surface area contributed by atoms with Crippen molar-refractivity contribution in [2.45, 2.75) is 0 Å². The van der Waals surface area contributed by atoms with E-state index in [0.717, 1.165) is 24.4 Å². The molecule has 6 aromatic rings. The minimum atomic E-state index is -0.960. The van der Waals surface area contributed by atoms with Crippen molar-refractivity contribution in [1.29, 1.82) is 0 Å². The number of nitrogens with two attached hydrogens (primary N) is 2. The monoisotopic (exact) mass is 712 g/mol. The average Bonchev–Trinajstić information content (AvgIpc) is 3.59. The first-order valence-electron chi connectivity index (χ1n) is 14.8. The molecule has 0 fully saturated rings. The summed E-state index contributed by atoms with van der Waals surface area (Å²) in [5.74, 6) is -1.53. The predicted molar refractivity (Wildman–Crippen MR) is 185 cm³/mol. The largest absolute Gasteiger partial charge is 0.618 e. The maximum atomic E-state index is 14.1. The first kappa shape index (κ1) is 33.8. The van der Waals surface area contributed by atoms with Crippen LogP contribution in [0.25, 0.3) is 22.5 Å². The molecule has 1 aliphatic heterocycles. The first-order valence-corrected chi connectivity index (χ1v) is 15.5. The third-order valence-electron chi connectivity index (χ3n) is 7.71. The number of nitrogen functional groups attached to an aromatic ring is 2. The van der Waals surface area contributed by atoms with E-state index in [4.69, 9.17) is 44.1 Å². The van der Waals surface area contributed by atoms with Gasteiger partial charge in [-0.25, -0.2) is 8.78 Å². The van der Waals surface area contributed by atoms with Crippen LogP contribution < -0.4 is 25.7 Å². The molecule has 0 bridgehead atoms. The minimum absolute atomic E-state index is 0.0714. The van der Waals surface area contributed by atoms with Gasteiger partial charge in [-0.2, -0.15) is 4.73 Å². The summed E-state index contributed by atoms with van der Waals surface area (Å²) in [6.45, 7) is 0.143. The highest BCUT2D eigenvalue weighted by atomic mass is 35.5. The Balaban J connectivity index is 0.000000173. The van der Waals surface area contributed by atoms with Crippen LogP contribution in [0.15, 0.2) is 109 Å². The van der Waals surface area contributed by atoms with Crippen molar-refractivity contribution in [3.63, 3.8) is 0 Å². The second kappa shape index (κ2) is 14.2. The van der Waals surface area contributed by atoms with Crippen LogP contribution in [0, 0.1) is 16.8 Å². The van der Waals surface area contributed by atoms with Crippen LogP contribution in [-0.4, -0.2) is 23.3 Å². The minimum Gasteiger partial charge on any atom is -0.618 e. The molecule has 0 radical (unpaired) electrons. The average molecular weight is 714 g/mol. The van der Waals surface area contributed by atoms with Gasteiger partial charge in [-0.05, 0) is 54.6 Å². The lowest BCUT2D eigenvalue weighted by molar-refractivity contribution is -0.593. The Bertz CT molecular complexity index is 2280. The normalized spacial score (nSPS) is 11.4. The number of hydrogen-bond donors (Lipinski definition) is 2. The van der Waals surface area contributed by atoms with E-state index in [1.807, 2.05) is 12.1 Å². The van der Waals surface area contributed by atoms with Gasteiger partial charge < -0.3 is 26.1 Å². The number of nitrogens with zero attached hydrogens (tertiary/aromatic N) is 2. The van der Waals surface area contributed by atoms with E-state index in [1.165, 1.54) is 18.2 Å².